The first kappa shape index (κ1) is 23.2. The summed E-state index contributed by atoms with van der Waals surface area (Å²) in [6.07, 6.45) is 1.34. The van der Waals surface area contributed by atoms with Gasteiger partial charge < -0.3 is 9.47 Å². The van der Waals surface area contributed by atoms with Gasteiger partial charge in [-0.15, -0.1) is 0 Å². The lowest BCUT2D eigenvalue weighted by atomic mass is 10.2. The molecule has 0 aliphatic rings. The Labute approximate surface area is 191 Å². The molecule has 168 valence electrons. The van der Waals surface area contributed by atoms with E-state index < -0.39 is 27.1 Å². The first-order chi connectivity index (χ1) is 15.8. The van der Waals surface area contributed by atoms with Crippen molar-refractivity contribution < 1.29 is 24.1 Å². The van der Waals surface area contributed by atoms with E-state index in [-0.39, 0.29) is 18.1 Å². The van der Waals surface area contributed by atoms with Crippen LogP contribution in [0, 0.1) is 20.2 Å². The Kier molecular flexibility index (Phi) is 7.50. The number of nitrogens with one attached hydrogen (secondary N) is 1. The fourth-order valence-electron chi connectivity index (χ4n) is 2.52. The Morgan fingerprint density at radius 3 is 2.45 bits per heavy atom. The van der Waals surface area contributed by atoms with Gasteiger partial charge in [0.05, 0.1) is 22.1 Å². The van der Waals surface area contributed by atoms with Crippen LogP contribution in [0.5, 0.6) is 17.2 Å². The maximum absolute atomic E-state index is 11.8. The van der Waals surface area contributed by atoms with E-state index in [2.05, 4.69) is 10.5 Å². The van der Waals surface area contributed by atoms with Gasteiger partial charge in [-0.2, -0.15) is 5.10 Å². The lowest BCUT2D eigenvalue weighted by Crippen LogP contribution is -2.24. The minimum Gasteiger partial charge on any atom is -0.484 e. The van der Waals surface area contributed by atoms with Crippen molar-refractivity contribution in [1.29, 1.82) is 0 Å². The van der Waals surface area contributed by atoms with Crippen LogP contribution < -0.4 is 14.9 Å². The molecule has 0 saturated heterocycles. The molecule has 0 radical (unpaired) electrons. The molecule has 0 aliphatic heterocycles. The topological polar surface area (TPSA) is 146 Å². The quantitative estimate of drug-likeness (QED) is 0.275. The molecule has 12 heteroatoms. The van der Waals surface area contributed by atoms with Crippen LogP contribution in [0.1, 0.15) is 5.56 Å². The molecule has 3 rings (SSSR count). The molecule has 0 saturated carbocycles. The summed E-state index contributed by atoms with van der Waals surface area (Å²) in [5, 5.41) is 26.5. The summed E-state index contributed by atoms with van der Waals surface area (Å²) in [6.45, 7) is -0.258. The molecule has 1 N–H and O–H groups in total. The summed E-state index contributed by atoms with van der Waals surface area (Å²) in [5.74, 6) is 0.0551. The number of rotatable bonds is 9. The van der Waals surface area contributed by atoms with E-state index in [1.807, 2.05) is 0 Å². The van der Waals surface area contributed by atoms with Gasteiger partial charge in [0.2, 0.25) is 5.75 Å². The summed E-state index contributed by atoms with van der Waals surface area (Å²) < 4.78 is 10.8. The lowest BCUT2D eigenvalue weighted by molar-refractivity contribution is -0.394. The molecule has 0 atom stereocenters. The third-order valence-corrected chi connectivity index (χ3v) is 4.27. The largest absolute Gasteiger partial charge is 0.484 e. The minimum absolute atomic E-state index is 0.160. The van der Waals surface area contributed by atoms with Crippen molar-refractivity contribution in [2.24, 2.45) is 5.10 Å². The number of hydrazone groups is 1. The summed E-state index contributed by atoms with van der Waals surface area (Å²) in [4.78, 5) is 32.4. The maximum atomic E-state index is 11.8. The van der Waals surface area contributed by atoms with Crippen LogP contribution >= 0.6 is 11.6 Å². The molecule has 3 aromatic carbocycles. The second-order valence-electron chi connectivity index (χ2n) is 6.38. The average molecular weight is 471 g/mol. The Bertz CT molecular complexity index is 1220. The van der Waals surface area contributed by atoms with Gasteiger partial charge in [-0.3, -0.25) is 25.0 Å². The molecular weight excluding hydrogens is 456 g/mol. The number of nitro groups is 2. The lowest BCUT2D eigenvalue weighted by Gasteiger charge is -2.07. The second kappa shape index (κ2) is 10.7. The van der Waals surface area contributed by atoms with Crippen LogP contribution in [0.3, 0.4) is 0 Å². The van der Waals surface area contributed by atoms with Crippen molar-refractivity contribution in [3.8, 4) is 17.2 Å². The van der Waals surface area contributed by atoms with Crippen molar-refractivity contribution in [2.45, 2.75) is 0 Å². The zero-order valence-corrected chi connectivity index (χ0v) is 17.5. The SMILES string of the molecule is O=C(COc1ccc(Cl)cc1)N/N=C\c1cccc(Oc2ccc([N+](=O)[O-])cc2[N+](=O)[O-])c1. The van der Waals surface area contributed by atoms with Crippen LogP contribution in [0.2, 0.25) is 5.02 Å². The van der Waals surface area contributed by atoms with E-state index in [4.69, 9.17) is 21.1 Å². The fourth-order valence-corrected chi connectivity index (χ4v) is 2.65. The average Bonchev–Trinajstić information content (AvgIpc) is 2.79. The summed E-state index contributed by atoms with van der Waals surface area (Å²) >= 11 is 5.78. The highest BCUT2D eigenvalue weighted by Gasteiger charge is 2.21. The summed E-state index contributed by atoms with van der Waals surface area (Å²) in [7, 11) is 0. The van der Waals surface area contributed by atoms with E-state index in [0.717, 1.165) is 18.2 Å². The van der Waals surface area contributed by atoms with E-state index in [0.29, 0.717) is 16.3 Å². The molecule has 1 amide bonds. The normalized spacial score (nSPS) is 10.6. The number of carbonyl (C=O) groups is 1. The van der Waals surface area contributed by atoms with E-state index in [1.54, 1.807) is 42.5 Å². The van der Waals surface area contributed by atoms with E-state index >= 15 is 0 Å². The van der Waals surface area contributed by atoms with Crippen LogP contribution in [-0.2, 0) is 4.79 Å². The van der Waals surface area contributed by atoms with Gasteiger partial charge >= 0.3 is 5.69 Å². The van der Waals surface area contributed by atoms with Gasteiger partial charge in [0.1, 0.15) is 11.5 Å². The third-order valence-electron chi connectivity index (χ3n) is 4.02. The Morgan fingerprint density at radius 1 is 1.00 bits per heavy atom. The zero-order valence-electron chi connectivity index (χ0n) is 16.7. The number of nitro benzene ring substituents is 2. The minimum atomic E-state index is -0.769. The predicted molar refractivity (Wildman–Crippen MR) is 119 cm³/mol. The number of hydrogen-bond donors (Lipinski definition) is 1. The van der Waals surface area contributed by atoms with E-state index in [9.17, 15) is 25.0 Å². The smallest absolute Gasteiger partial charge is 0.318 e. The molecule has 0 bridgehead atoms. The molecule has 33 heavy (non-hydrogen) atoms. The van der Waals surface area contributed by atoms with Crippen molar-refractivity contribution in [1.82, 2.24) is 5.43 Å². The molecule has 0 aliphatic carbocycles. The predicted octanol–water partition coefficient (Wildman–Crippen LogP) is 4.48. The number of nitrogens with zero attached hydrogens (tertiary/aromatic N) is 3. The second-order valence-corrected chi connectivity index (χ2v) is 6.81. The first-order valence-electron chi connectivity index (χ1n) is 9.23. The molecule has 0 heterocycles. The molecule has 0 fully saturated rings. The number of non-ortho nitro benzene ring substituents is 1. The van der Waals surface area contributed by atoms with Crippen molar-refractivity contribution in [3.63, 3.8) is 0 Å². The van der Waals surface area contributed by atoms with Crippen molar-refractivity contribution in [3.05, 3.63) is 97.5 Å². The molecule has 0 spiro atoms. The first-order valence-corrected chi connectivity index (χ1v) is 9.60. The standard InChI is InChI=1S/C21H15ClN4O7/c22-15-4-7-17(8-5-15)32-13-21(27)24-23-12-14-2-1-3-18(10-14)33-20-9-6-16(25(28)29)11-19(20)26(30)31/h1-12H,13H2,(H,24,27)/b23-12-. The maximum Gasteiger partial charge on any atom is 0.318 e. The van der Waals surface area contributed by atoms with Gasteiger partial charge in [-0.25, -0.2) is 5.43 Å². The highest BCUT2D eigenvalue weighted by atomic mass is 35.5. The highest BCUT2D eigenvalue weighted by Crippen LogP contribution is 2.34. The van der Waals surface area contributed by atoms with Crippen molar-refractivity contribution >= 4 is 35.1 Å². The van der Waals surface area contributed by atoms with Crippen molar-refractivity contribution in [2.75, 3.05) is 6.61 Å². The Morgan fingerprint density at radius 2 is 1.76 bits per heavy atom. The number of hydrogen-bond acceptors (Lipinski definition) is 8. The zero-order chi connectivity index (χ0) is 23.8. The van der Waals surface area contributed by atoms with Gasteiger partial charge in [-0.05, 0) is 48.0 Å². The molecule has 3 aromatic rings. The summed E-state index contributed by atoms with van der Waals surface area (Å²) in [6, 6.07) is 15.9. The fraction of sp³-hybridized carbons (Fsp3) is 0.0476. The molecular formula is C21H15ClN4O7. The summed E-state index contributed by atoms with van der Waals surface area (Å²) in [5.41, 5.74) is 1.86. The van der Waals surface area contributed by atoms with E-state index in [1.165, 1.54) is 12.3 Å². The number of ether oxygens (including phenoxy) is 2. The monoisotopic (exact) mass is 470 g/mol. The Balaban J connectivity index is 1.61. The van der Waals surface area contributed by atoms with Gasteiger partial charge in [-0.1, -0.05) is 23.7 Å². The van der Waals surface area contributed by atoms with Crippen LogP contribution in [0.25, 0.3) is 0 Å². The van der Waals surface area contributed by atoms with Crippen LogP contribution in [0.4, 0.5) is 11.4 Å². The van der Waals surface area contributed by atoms with Gasteiger partial charge in [0, 0.05) is 11.1 Å². The van der Waals surface area contributed by atoms with Gasteiger partial charge in [0.25, 0.3) is 11.6 Å². The molecule has 0 aromatic heterocycles. The number of halogens is 1. The number of amides is 1. The van der Waals surface area contributed by atoms with Crippen LogP contribution in [0.15, 0.2) is 71.8 Å². The molecule has 11 nitrogen and oxygen atoms in total. The Hall–Kier alpha value is -4.51. The van der Waals surface area contributed by atoms with Crippen LogP contribution in [-0.4, -0.2) is 28.6 Å². The third kappa shape index (κ3) is 6.74. The van der Waals surface area contributed by atoms with Gasteiger partial charge in [0.15, 0.2) is 6.61 Å². The number of benzene rings is 3. The number of carbonyl (C=O) groups excluding carboxylic acids is 1. The molecule has 0 unspecified atom stereocenters. The highest BCUT2D eigenvalue weighted by molar-refractivity contribution is 6.30.